The van der Waals surface area contributed by atoms with Gasteiger partial charge < -0.3 is 20.1 Å². The van der Waals surface area contributed by atoms with Gasteiger partial charge in [-0.25, -0.2) is 4.79 Å². The summed E-state index contributed by atoms with van der Waals surface area (Å²) in [6.07, 6.45) is -0.158. The first-order valence-corrected chi connectivity index (χ1v) is 6.35. The van der Waals surface area contributed by atoms with Gasteiger partial charge in [0, 0.05) is 13.6 Å². The van der Waals surface area contributed by atoms with E-state index in [-0.39, 0.29) is 18.4 Å². The number of carbonyl (C=O) groups excluding carboxylic acids is 2. The number of likely N-dealkylation sites (N-methyl/N-ethyl adjacent to an activating group) is 1. The second-order valence-corrected chi connectivity index (χ2v) is 4.57. The van der Waals surface area contributed by atoms with E-state index in [4.69, 9.17) is 9.84 Å². The number of ether oxygens (including phenoxy) is 1. The van der Waals surface area contributed by atoms with Crippen LogP contribution >= 0.6 is 0 Å². The number of rotatable bonds is 6. The molecule has 0 radical (unpaired) electrons. The molecule has 0 spiro atoms. The largest absolute Gasteiger partial charge is 0.479 e. The summed E-state index contributed by atoms with van der Waals surface area (Å²) in [5.74, 6) is -1.64. The summed E-state index contributed by atoms with van der Waals surface area (Å²) in [5, 5.41) is 11.4. The first-order chi connectivity index (χ1) is 8.95. The standard InChI is InChI=1S/C12H20N2O5/c1-3-6-13-10(15)7-14(2)11(16)8-4-5-9(19-8)12(17)18/h8-9H,3-7H2,1-2H3,(H,13,15)(H,17,18)/t8-,9+/m0/s1. The molecular formula is C12H20N2O5. The van der Waals surface area contributed by atoms with Crippen molar-refractivity contribution in [3.63, 3.8) is 0 Å². The summed E-state index contributed by atoms with van der Waals surface area (Å²) >= 11 is 0. The number of amides is 2. The second kappa shape index (κ2) is 7.08. The van der Waals surface area contributed by atoms with Crippen LogP contribution in [0.3, 0.4) is 0 Å². The fourth-order valence-corrected chi connectivity index (χ4v) is 1.86. The third-order valence-electron chi connectivity index (χ3n) is 2.90. The highest BCUT2D eigenvalue weighted by Crippen LogP contribution is 2.21. The van der Waals surface area contributed by atoms with Gasteiger partial charge in [0.15, 0.2) is 6.10 Å². The molecule has 0 aromatic heterocycles. The molecule has 2 atom stereocenters. The third-order valence-corrected chi connectivity index (χ3v) is 2.90. The lowest BCUT2D eigenvalue weighted by Crippen LogP contribution is -2.43. The molecule has 2 N–H and O–H groups in total. The Morgan fingerprint density at radius 3 is 2.47 bits per heavy atom. The van der Waals surface area contributed by atoms with E-state index in [0.29, 0.717) is 19.4 Å². The number of nitrogens with zero attached hydrogens (tertiary/aromatic N) is 1. The van der Waals surface area contributed by atoms with Crippen molar-refractivity contribution in [1.29, 1.82) is 0 Å². The lowest BCUT2D eigenvalue weighted by Gasteiger charge is -2.20. The minimum atomic E-state index is -1.06. The molecule has 1 heterocycles. The first-order valence-electron chi connectivity index (χ1n) is 6.35. The van der Waals surface area contributed by atoms with Crippen LogP contribution in [0.2, 0.25) is 0 Å². The molecule has 0 saturated carbocycles. The normalized spacial score (nSPS) is 22.0. The van der Waals surface area contributed by atoms with Crippen molar-refractivity contribution in [2.45, 2.75) is 38.4 Å². The van der Waals surface area contributed by atoms with Crippen LogP contribution in [0, 0.1) is 0 Å². The number of aliphatic carboxylic acids is 1. The highest BCUT2D eigenvalue weighted by molar-refractivity contribution is 5.87. The molecule has 7 heteroatoms. The topological polar surface area (TPSA) is 95.9 Å². The van der Waals surface area contributed by atoms with Crippen molar-refractivity contribution in [1.82, 2.24) is 10.2 Å². The maximum atomic E-state index is 12.0. The maximum absolute atomic E-state index is 12.0. The molecule has 2 amide bonds. The molecule has 0 aliphatic carbocycles. The van der Waals surface area contributed by atoms with Crippen LogP contribution in [-0.4, -0.2) is 60.1 Å². The van der Waals surface area contributed by atoms with Crippen molar-refractivity contribution in [3.05, 3.63) is 0 Å². The van der Waals surface area contributed by atoms with Gasteiger partial charge in [-0.3, -0.25) is 9.59 Å². The number of carboxylic acids is 1. The number of hydrogen-bond acceptors (Lipinski definition) is 4. The van der Waals surface area contributed by atoms with Crippen LogP contribution in [0.25, 0.3) is 0 Å². The highest BCUT2D eigenvalue weighted by Gasteiger charge is 2.36. The fraction of sp³-hybridized carbons (Fsp3) is 0.750. The van der Waals surface area contributed by atoms with E-state index in [2.05, 4.69) is 5.32 Å². The lowest BCUT2D eigenvalue weighted by atomic mass is 10.2. The number of nitrogens with one attached hydrogen (secondary N) is 1. The van der Waals surface area contributed by atoms with Gasteiger partial charge in [0.1, 0.15) is 6.10 Å². The summed E-state index contributed by atoms with van der Waals surface area (Å²) in [4.78, 5) is 35.4. The Hall–Kier alpha value is -1.63. The SMILES string of the molecule is CCCNC(=O)CN(C)C(=O)[C@@H]1CC[C@H](C(=O)O)O1. The molecule has 1 saturated heterocycles. The van der Waals surface area contributed by atoms with Crippen LogP contribution in [0.1, 0.15) is 26.2 Å². The molecule has 1 fully saturated rings. The Morgan fingerprint density at radius 2 is 1.95 bits per heavy atom. The molecule has 0 unspecified atom stereocenters. The summed E-state index contributed by atoms with van der Waals surface area (Å²) in [6.45, 7) is 2.46. The molecule has 7 nitrogen and oxygen atoms in total. The maximum Gasteiger partial charge on any atom is 0.332 e. The summed E-state index contributed by atoms with van der Waals surface area (Å²) in [7, 11) is 1.51. The van der Waals surface area contributed by atoms with E-state index in [1.165, 1.54) is 11.9 Å². The Balaban J connectivity index is 2.41. The predicted octanol–water partition coefficient (Wildman–Crippen LogP) is -0.397. The molecule has 0 aromatic carbocycles. The summed E-state index contributed by atoms with van der Waals surface area (Å²) in [6, 6.07) is 0. The molecule has 1 aliphatic heterocycles. The van der Waals surface area contributed by atoms with Crippen molar-refractivity contribution in [3.8, 4) is 0 Å². The number of carboxylic acid groups (broad SMARTS) is 1. The van der Waals surface area contributed by atoms with Gasteiger partial charge >= 0.3 is 5.97 Å². The minimum Gasteiger partial charge on any atom is -0.479 e. The molecule has 0 bridgehead atoms. The first kappa shape index (κ1) is 15.4. The van der Waals surface area contributed by atoms with Gasteiger partial charge in [-0.05, 0) is 19.3 Å². The van der Waals surface area contributed by atoms with Gasteiger partial charge in [0.05, 0.1) is 6.54 Å². The average Bonchev–Trinajstić information content (AvgIpc) is 2.84. The van der Waals surface area contributed by atoms with Crippen molar-refractivity contribution in [2.75, 3.05) is 20.1 Å². The zero-order valence-electron chi connectivity index (χ0n) is 11.2. The number of hydrogen-bond donors (Lipinski definition) is 2. The van der Waals surface area contributed by atoms with Crippen LogP contribution < -0.4 is 5.32 Å². The summed E-state index contributed by atoms with van der Waals surface area (Å²) in [5.41, 5.74) is 0. The van der Waals surface area contributed by atoms with Gasteiger partial charge in [-0.2, -0.15) is 0 Å². The van der Waals surface area contributed by atoms with Gasteiger partial charge in [-0.1, -0.05) is 6.92 Å². The zero-order chi connectivity index (χ0) is 14.4. The van der Waals surface area contributed by atoms with E-state index in [9.17, 15) is 14.4 Å². The smallest absolute Gasteiger partial charge is 0.332 e. The molecule has 0 aromatic rings. The molecule has 1 aliphatic rings. The van der Waals surface area contributed by atoms with Gasteiger partial charge in [0.25, 0.3) is 5.91 Å². The van der Waals surface area contributed by atoms with E-state index in [0.717, 1.165) is 6.42 Å². The lowest BCUT2D eigenvalue weighted by molar-refractivity contribution is -0.155. The molecule has 19 heavy (non-hydrogen) atoms. The molecule has 108 valence electrons. The van der Waals surface area contributed by atoms with E-state index < -0.39 is 18.2 Å². The summed E-state index contributed by atoms with van der Waals surface area (Å²) < 4.78 is 5.15. The van der Waals surface area contributed by atoms with Gasteiger partial charge in [0.2, 0.25) is 5.91 Å². The van der Waals surface area contributed by atoms with Crippen molar-refractivity contribution in [2.24, 2.45) is 0 Å². The molecular weight excluding hydrogens is 252 g/mol. The Kier molecular flexibility index (Phi) is 5.75. The minimum absolute atomic E-state index is 0.0452. The van der Waals surface area contributed by atoms with E-state index in [1.54, 1.807) is 0 Å². The van der Waals surface area contributed by atoms with Crippen LogP contribution in [0.5, 0.6) is 0 Å². The zero-order valence-corrected chi connectivity index (χ0v) is 11.2. The predicted molar refractivity (Wildman–Crippen MR) is 66.5 cm³/mol. The molecule has 1 rings (SSSR count). The van der Waals surface area contributed by atoms with E-state index >= 15 is 0 Å². The van der Waals surface area contributed by atoms with Crippen molar-refractivity contribution >= 4 is 17.8 Å². The Morgan fingerprint density at radius 1 is 1.32 bits per heavy atom. The third kappa shape index (κ3) is 4.51. The van der Waals surface area contributed by atoms with Crippen LogP contribution in [0.4, 0.5) is 0 Å². The highest BCUT2D eigenvalue weighted by atomic mass is 16.5. The Labute approximate surface area is 111 Å². The van der Waals surface area contributed by atoms with E-state index in [1.807, 2.05) is 6.92 Å². The monoisotopic (exact) mass is 272 g/mol. The quantitative estimate of drug-likeness (QED) is 0.686. The second-order valence-electron chi connectivity index (χ2n) is 4.57. The van der Waals surface area contributed by atoms with Crippen LogP contribution in [0.15, 0.2) is 0 Å². The average molecular weight is 272 g/mol. The fourth-order valence-electron chi connectivity index (χ4n) is 1.86. The van der Waals surface area contributed by atoms with Gasteiger partial charge in [-0.15, -0.1) is 0 Å². The van der Waals surface area contributed by atoms with Crippen molar-refractivity contribution < 1.29 is 24.2 Å². The number of carbonyl (C=O) groups is 3. The van der Waals surface area contributed by atoms with Crippen LogP contribution in [-0.2, 0) is 19.1 Å². The Bertz CT molecular complexity index is 358.